The van der Waals surface area contributed by atoms with Crippen molar-refractivity contribution < 1.29 is 9.90 Å². The normalized spacial score (nSPS) is 13.6. The standard InChI is InChI=1S/C6H13N2O2/c1-8(2)4-3-5(9)6(7)10/h3,5,9H,4H2,1-2H3,(H2,7,10). The zero-order valence-corrected chi connectivity index (χ0v) is 6.24. The monoisotopic (exact) mass is 145 g/mol. The third-order valence-corrected chi connectivity index (χ3v) is 0.985. The molecule has 0 aromatic heterocycles. The molecule has 0 aliphatic heterocycles. The Balaban J connectivity index is 3.40. The van der Waals surface area contributed by atoms with Gasteiger partial charge in [0.25, 0.3) is 0 Å². The van der Waals surface area contributed by atoms with Gasteiger partial charge in [0.15, 0.2) is 0 Å². The quantitative estimate of drug-likeness (QED) is 0.511. The van der Waals surface area contributed by atoms with Crippen LogP contribution in [0.1, 0.15) is 0 Å². The minimum absolute atomic E-state index is 0.546. The predicted molar refractivity (Wildman–Crippen MR) is 38.1 cm³/mol. The van der Waals surface area contributed by atoms with Gasteiger partial charge in [-0.25, -0.2) is 0 Å². The minimum atomic E-state index is -1.12. The van der Waals surface area contributed by atoms with Crippen molar-refractivity contribution in [2.45, 2.75) is 6.10 Å². The molecular formula is C6H13N2O2. The molecule has 1 amide bonds. The first kappa shape index (κ1) is 9.39. The third kappa shape index (κ3) is 4.29. The van der Waals surface area contributed by atoms with E-state index >= 15 is 0 Å². The van der Waals surface area contributed by atoms with Crippen molar-refractivity contribution in [1.82, 2.24) is 4.90 Å². The van der Waals surface area contributed by atoms with E-state index in [-0.39, 0.29) is 0 Å². The molecule has 3 N–H and O–H groups in total. The summed E-state index contributed by atoms with van der Waals surface area (Å²) >= 11 is 0. The first-order chi connectivity index (χ1) is 4.54. The highest BCUT2D eigenvalue weighted by Gasteiger charge is 2.10. The first-order valence-electron chi connectivity index (χ1n) is 2.99. The van der Waals surface area contributed by atoms with Crippen LogP contribution in [-0.4, -0.2) is 42.7 Å². The lowest BCUT2D eigenvalue weighted by atomic mass is 10.2. The van der Waals surface area contributed by atoms with E-state index in [1.54, 1.807) is 0 Å². The Morgan fingerprint density at radius 2 is 2.30 bits per heavy atom. The Hall–Kier alpha value is -0.610. The van der Waals surface area contributed by atoms with E-state index in [9.17, 15) is 4.79 Å². The summed E-state index contributed by atoms with van der Waals surface area (Å²) in [5, 5.41) is 8.82. The summed E-state index contributed by atoms with van der Waals surface area (Å²) in [6, 6.07) is 0. The maximum Gasteiger partial charge on any atom is 0.246 e. The lowest BCUT2D eigenvalue weighted by Crippen LogP contribution is -2.31. The van der Waals surface area contributed by atoms with E-state index in [1.165, 1.54) is 6.42 Å². The number of hydrogen-bond donors (Lipinski definition) is 2. The van der Waals surface area contributed by atoms with Crippen LogP contribution < -0.4 is 5.73 Å². The smallest absolute Gasteiger partial charge is 0.246 e. The Morgan fingerprint density at radius 3 is 2.60 bits per heavy atom. The molecule has 0 fully saturated rings. The van der Waals surface area contributed by atoms with E-state index < -0.39 is 12.0 Å². The van der Waals surface area contributed by atoms with Gasteiger partial charge in [0, 0.05) is 13.0 Å². The number of carbonyl (C=O) groups excluding carboxylic acids is 1. The van der Waals surface area contributed by atoms with E-state index in [2.05, 4.69) is 0 Å². The molecule has 10 heavy (non-hydrogen) atoms. The molecule has 0 aliphatic carbocycles. The molecule has 4 heteroatoms. The molecule has 1 atom stereocenters. The molecule has 0 heterocycles. The highest BCUT2D eigenvalue weighted by molar-refractivity contribution is 5.79. The fourth-order valence-electron chi connectivity index (χ4n) is 0.427. The average Bonchev–Trinajstić information content (AvgIpc) is 1.82. The summed E-state index contributed by atoms with van der Waals surface area (Å²) in [5.74, 6) is -0.707. The van der Waals surface area contributed by atoms with Crippen LogP contribution >= 0.6 is 0 Å². The molecular weight excluding hydrogens is 132 g/mol. The third-order valence-electron chi connectivity index (χ3n) is 0.985. The average molecular weight is 145 g/mol. The van der Waals surface area contributed by atoms with Crippen molar-refractivity contribution in [3.8, 4) is 0 Å². The van der Waals surface area contributed by atoms with Crippen LogP contribution in [0.25, 0.3) is 0 Å². The summed E-state index contributed by atoms with van der Waals surface area (Å²) in [6.07, 6.45) is 0.324. The van der Waals surface area contributed by atoms with Crippen LogP contribution in [0.4, 0.5) is 0 Å². The predicted octanol–water partition coefficient (Wildman–Crippen LogP) is -1.40. The van der Waals surface area contributed by atoms with E-state index in [1.807, 2.05) is 19.0 Å². The van der Waals surface area contributed by atoms with Gasteiger partial charge in [-0.15, -0.1) is 0 Å². The molecule has 0 saturated carbocycles. The van der Waals surface area contributed by atoms with E-state index in [0.29, 0.717) is 6.54 Å². The largest absolute Gasteiger partial charge is 0.383 e. The van der Waals surface area contributed by atoms with Crippen molar-refractivity contribution in [3.63, 3.8) is 0 Å². The number of amides is 1. The molecule has 0 rings (SSSR count). The molecule has 0 aromatic rings. The van der Waals surface area contributed by atoms with Crippen LogP contribution in [0, 0.1) is 6.42 Å². The van der Waals surface area contributed by atoms with Gasteiger partial charge in [-0.05, 0) is 14.1 Å². The Kier molecular flexibility index (Phi) is 3.99. The van der Waals surface area contributed by atoms with Crippen molar-refractivity contribution >= 4 is 5.91 Å². The highest BCUT2D eigenvalue weighted by atomic mass is 16.3. The summed E-state index contributed by atoms with van der Waals surface area (Å²) in [5.41, 5.74) is 4.78. The molecule has 0 saturated heterocycles. The maximum atomic E-state index is 10.2. The molecule has 59 valence electrons. The van der Waals surface area contributed by atoms with Gasteiger partial charge in [-0.2, -0.15) is 0 Å². The number of nitrogens with zero attached hydrogens (tertiary/aromatic N) is 1. The second-order valence-electron chi connectivity index (χ2n) is 2.35. The zero-order valence-electron chi connectivity index (χ0n) is 6.24. The number of hydrogen-bond acceptors (Lipinski definition) is 3. The molecule has 0 bridgehead atoms. The number of primary amides is 1. The zero-order chi connectivity index (χ0) is 8.15. The lowest BCUT2D eigenvalue weighted by molar-refractivity contribution is -0.124. The van der Waals surface area contributed by atoms with Gasteiger partial charge in [0.2, 0.25) is 5.91 Å². The minimum Gasteiger partial charge on any atom is -0.383 e. The fourth-order valence-corrected chi connectivity index (χ4v) is 0.427. The molecule has 1 unspecified atom stereocenters. The summed E-state index contributed by atoms with van der Waals surface area (Å²) < 4.78 is 0. The summed E-state index contributed by atoms with van der Waals surface area (Å²) in [7, 11) is 3.68. The Bertz CT molecular complexity index is 114. The second-order valence-corrected chi connectivity index (χ2v) is 2.35. The molecule has 0 aliphatic rings. The van der Waals surface area contributed by atoms with Crippen molar-refractivity contribution in [1.29, 1.82) is 0 Å². The van der Waals surface area contributed by atoms with Crippen LogP contribution in [-0.2, 0) is 4.79 Å². The van der Waals surface area contributed by atoms with Gasteiger partial charge in [-0.1, -0.05) is 0 Å². The van der Waals surface area contributed by atoms with Gasteiger partial charge in [0.05, 0.1) is 0 Å². The first-order valence-corrected chi connectivity index (χ1v) is 2.99. The van der Waals surface area contributed by atoms with Crippen molar-refractivity contribution in [2.24, 2.45) is 5.73 Å². The lowest BCUT2D eigenvalue weighted by Gasteiger charge is -2.10. The molecule has 4 nitrogen and oxygen atoms in total. The van der Waals surface area contributed by atoms with Gasteiger partial charge in [0.1, 0.15) is 6.10 Å². The Labute approximate surface area is 60.6 Å². The topological polar surface area (TPSA) is 66.6 Å². The van der Waals surface area contributed by atoms with Gasteiger partial charge < -0.3 is 15.7 Å². The Morgan fingerprint density at radius 1 is 1.80 bits per heavy atom. The van der Waals surface area contributed by atoms with Crippen LogP contribution in [0.2, 0.25) is 0 Å². The number of rotatable bonds is 4. The van der Waals surface area contributed by atoms with Crippen LogP contribution in [0.5, 0.6) is 0 Å². The number of carbonyl (C=O) groups is 1. The summed E-state index contributed by atoms with van der Waals surface area (Å²) in [4.78, 5) is 12.1. The fraction of sp³-hybridized carbons (Fsp3) is 0.667. The van der Waals surface area contributed by atoms with Crippen molar-refractivity contribution in [3.05, 3.63) is 6.42 Å². The number of aliphatic hydroxyl groups is 1. The molecule has 0 spiro atoms. The van der Waals surface area contributed by atoms with Gasteiger partial charge >= 0.3 is 0 Å². The molecule has 1 radical (unpaired) electrons. The summed E-state index contributed by atoms with van der Waals surface area (Å²) in [6.45, 7) is 0.546. The highest BCUT2D eigenvalue weighted by Crippen LogP contribution is 1.88. The SMILES string of the molecule is CN(C)C[CH]C(O)C(N)=O. The van der Waals surface area contributed by atoms with E-state index in [4.69, 9.17) is 10.8 Å². The van der Waals surface area contributed by atoms with Gasteiger partial charge in [-0.3, -0.25) is 4.79 Å². The number of aliphatic hydroxyl groups excluding tert-OH is 1. The second kappa shape index (κ2) is 4.24. The van der Waals surface area contributed by atoms with E-state index in [0.717, 1.165) is 0 Å². The van der Waals surface area contributed by atoms with Crippen LogP contribution in [0.15, 0.2) is 0 Å². The van der Waals surface area contributed by atoms with Crippen LogP contribution in [0.3, 0.4) is 0 Å². The van der Waals surface area contributed by atoms with Crippen molar-refractivity contribution in [2.75, 3.05) is 20.6 Å². The maximum absolute atomic E-state index is 10.2. The number of nitrogens with two attached hydrogens (primary N) is 1. The molecule has 0 aromatic carbocycles.